The lowest BCUT2D eigenvalue weighted by Gasteiger charge is -2.24. The van der Waals surface area contributed by atoms with Gasteiger partial charge in [0.15, 0.2) is 0 Å². The lowest BCUT2D eigenvalue weighted by atomic mass is 9.97. The monoisotopic (exact) mass is 260 g/mol. The third-order valence-corrected chi connectivity index (χ3v) is 4.30. The van der Waals surface area contributed by atoms with Crippen molar-refractivity contribution in [3.8, 4) is 11.1 Å². The third kappa shape index (κ3) is 2.07. The fourth-order valence-electron chi connectivity index (χ4n) is 2.42. The number of nitrogens with zero attached hydrogens (tertiary/aromatic N) is 1. The van der Waals surface area contributed by atoms with Crippen molar-refractivity contribution in [2.75, 3.05) is 20.2 Å². The Morgan fingerprint density at radius 1 is 1.56 bits per heavy atom. The van der Waals surface area contributed by atoms with E-state index in [1.807, 2.05) is 36.8 Å². The zero-order chi connectivity index (χ0) is 12.4. The van der Waals surface area contributed by atoms with Crippen LogP contribution in [0.5, 0.6) is 0 Å². The van der Waals surface area contributed by atoms with Crippen LogP contribution in [0.3, 0.4) is 0 Å². The minimum Gasteiger partial charge on any atom is -0.372 e. The summed E-state index contributed by atoms with van der Waals surface area (Å²) in [7, 11) is 1.97. The van der Waals surface area contributed by atoms with Crippen molar-refractivity contribution < 1.29 is 4.74 Å². The van der Waals surface area contributed by atoms with Gasteiger partial charge in [0.2, 0.25) is 0 Å². The first-order chi connectivity index (χ1) is 8.90. The van der Waals surface area contributed by atoms with Crippen LogP contribution < -0.4 is 5.32 Å². The summed E-state index contributed by atoms with van der Waals surface area (Å²) in [6, 6.07) is 4.09. The molecule has 1 aliphatic heterocycles. The molecular formula is C14H16N2OS. The molecule has 1 N–H and O–H groups in total. The Bertz CT molecular complexity index is 524. The molecule has 0 saturated carbocycles. The summed E-state index contributed by atoms with van der Waals surface area (Å²) in [5.41, 5.74) is 3.82. The molecule has 94 valence electrons. The molecule has 1 unspecified atom stereocenters. The van der Waals surface area contributed by atoms with Crippen LogP contribution in [0.1, 0.15) is 16.5 Å². The maximum atomic E-state index is 5.89. The Hall–Kier alpha value is -1.23. The Labute approximate surface area is 111 Å². The van der Waals surface area contributed by atoms with Crippen LogP contribution in [0.15, 0.2) is 29.9 Å². The first-order valence-corrected chi connectivity index (χ1v) is 7.05. The second-order valence-electron chi connectivity index (χ2n) is 4.40. The highest BCUT2D eigenvalue weighted by Crippen LogP contribution is 2.39. The highest BCUT2D eigenvalue weighted by atomic mass is 32.1. The summed E-state index contributed by atoms with van der Waals surface area (Å²) in [6.07, 6.45) is 4.93. The van der Waals surface area contributed by atoms with Crippen molar-refractivity contribution in [1.29, 1.82) is 0 Å². The quantitative estimate of drug-likeness (QED) is 0.921. The van der Waals surface area contributed by atoms with Crippen LogP contribution in [-0.4, -0.2) is 25.2 Å². The smallest absolute Gasteiger partial charge is 0.0965 e. The number of likely N-dealkylation sites (N-methyl/N-ethyl adjacent to an activating group) is 1. The summed E-state index contributed by atoms with van der Waals surface area (Å²) in [5.74, 6) is 0. The summed E-state index contributed by atoms with van der Waals surface area (Å²) in [6.45, 7) is 1.68. The van der Waals surface area contributed by atoms with Gasteiger partial charge in [-0.25, -0.2) is 0 Å². The maximum absolute atomic E-state index is 5.89. The van der Waals surface area contributed by atoms with Gasteiger partial charge in [-0.3, -0.25) is 4.98 Å². The highest BCUT2D eigenvalue weighted by molar-refractivity contribution is 7.10. The van der Waals surface area contributed by atoms with Crippen LogP contribution in [0.4, 0.5) is 0 Å². The molecule has 4 heteroatoms. The molecule has 0 amide bonds. The van der Waals surface area contributed by atoms with E-state index in [-0.39, 0.29) is 6.10 Å². The second kappa shape index (κ2) is 5.18. The SMILES string of the molecule is CNCC1OCCc2scc(-c3cccnc3)c21. The molecule has 18 heavy (non-hydrogen) atoms. The van der Waals surface area contributed by atoms with Gasteiger partial charge in [0.1, 0.15) is 0 Å². The van der Waals surface area contributed by atoms with E-state index in [2.05, 4.69) is 21.7 Å². The van der Waals surface area contributed by atoms with Crippen molar-refractivity contribution in [3.63, 3.8) is 0 Å². The van der Waals surface area contributed by atoms with Crippen molar-refractivity contribution in [3.05, 3.63) is 40.3 Å². The largest absolute Gasteiger partial charge is 0.372 e. The minimum atomic E-state index is 0.167. The van der Waals surface area contributed by atoms with E-state index in [1.165, 1.54) is 21.6 Å². The van der Waals surface area contributed by atoms with Crippen molar-refractivity contribution >= 4 is 11.3 Å². The van der Waals surface area contributed by atoms with Gasteiger partial charge in [0.05, 0.1) is 12.7 Å². The number of pyridine rings is 1. The maximum Gasteiger partial charge on any atom is 0.0965 e. The van der Waals surface area contributed by atoms with Gasteiger partial charge in [-0.05, 0) is 18.5 Å². The molecule has 0 aliphatic carbocycles. The Kier molecular flexibility index (Phi) is 3.41. The summed E-state index contributed by atoms with van der Waals surface area (Å²) in [4.78, 5) is 5.67. The van der Waals surface area contributed by atoms with E-state index < -0.39 is 0 Å². The zero-order valence-electron chi connectivity index (χ0n) is 10.3. The highest BCUT2D eigenvalue weighted by Gasteiger charge is 2.25. The zero-order valence-corrected chi connectivity index (χ0v) is 11.2. The van der Waals surface area contributed by atoms with Crippen molar-refractivity contribution in [2.24, 2.45) is 0 Å². The van der Waals surface area contributed by atoms with Crippen molar-refractivity contribution in [2.45, 2.75) is 12.5 Å². The Morgan fingerprint density at radius 2 is 2.50 bits per heavy atom. The fourth-order valence-corrected chi connectivity index (χ4v) is 3.52. The molecule has 3 heterocycles. The number of ether oxygens (including phenoxy) is 1. The van der Waals surface area contributed by atoms with E-state index in [4.69, 9.17) is 4.74 Å². The van der Waals surface area contributed by atoms with E-state index in [1.54, 1.807) is 0 Å². The van der Waals surface area contributed by atoms with E-state index in [0.29, 0.717) is 0 Å². The topological polar surface area (TPSA) is 34.1 Å². The third-order valence-electron chi connectivity index (χ3n) is 3.24. The standard InChI is InChI=1S/C14H16N2OS/c1-15-8-12-14-11(10-3-2-5-16-7-10)9-18-13(14)4-6-17-12/h2-3,5,7,9,12,15H,4,6,8H2,1H3. The average molecular weight is 260 g/mol. The summed E-state index contributed by atoms with van der Waals surface area (Å²) in [5, 5.41) is 5.45. The number of aromatic nitrogens is 1. The lowest BCUT2D eigenvalue weighted by Crippen LogP contribution is -2.24. The first kappa shape index (κ1) is 11.8. The molecule has 3 nitrogen and oxygen atoms in total. The lowest BCUT2D eigenvalue weighted by molar-refractivity contribution is 0.0455. The van der Waals surface area contributed by atoms with Crippen LogP contribution in [0, 0.1) is 0 Å². The summed E-state index contributed by atoms with van der Waals surface area (Å²) >= 11 is 1.84. The van der Waals surface area contributed by atoms with Gasteiger partial charge in [0.25, 0.3) is 0 Å². The minimum absolute atomic E-state index is 0.167. The average Bonchev–Trinajstić information content (AvgIpc) is 2.85. The van der Waals surface area contributed by atoms with E-state index >= 15 is 0 Å². The van der Waals surface area contributed by atoms with E-state index in [9.17, 15) is 0 Å². The molecule has 3 rings (SSSR count). The van der Waals surface area contributed by atoms with Gasteiger partial charge in [-0.1, -0.05) is 6.07 Å². The number of fused-ring (bicyclic) bond motifs is 1. The van der Waals surface area contributed by atoms with Crippen molar-refractivity contribution in [1.82, 2.24) is 10.3 Å². The van der Waals surface area contributed by atoms with Crippen LogP contribution in [0.25, 0.3) is 11.1 Å². The van der Waals surface area contributed by atoms with Crippen LogP contribution in [0.2, 0.25) is 0 Å². The van der Waals surface area contributed by atoms with Gasteiger partial charge in [-0.2, -0.15) is 0 Å². The van der Waals surface area contributed by atoms with Gasteiger partial charge in [0, 0.05) is 46.9 Å². The second-order valence-corrected chi connectivity index (χ2v) is 5.36. The van der Waals surface area contributed by atoms with Crippen LogP contribution >= 0.6 is 11.3 Å². The molecule has 0 bridgehead atoms. The molecule has 0 fully saturated rings. The number of rotatable bonds is 3. The normalized spacial score (nSPS) is 18.6. The molecular weight excluding hydrogens is 244 g/mol. The molecule has 2 aromatic rings. The number of nitrogens with one attached hydrogen (secondary N) is 1. The molecule has 0 saturated heterocycles. The molecule has 0 radical (unpaired) electrons. The van der Waals surface area contributed by atoms with E-state index in [0.717, 1.165) is 19.6 Å². The Balaban J connectivity index is 2.05. The Morgan fingerprint density at radius 3 is 3.28 bits per heavy atom. The molecule has 1 atom stereocenters. The van der Waals surface area contributed by atoms with Gasteiger partial charge >= 0.3 is 0 Å². The summed E-state index contributed by atoms with van der Waals surface area (Å²) < 4.78 is 5.89. The number of hydrogen-bond acceptors (Lipinski definition) is 4. The fraction of sp³-hybridized carbons (Fsp3) is 0.357. The molecule has 0 aromatic carbocycles. The molecule has 1 aliphatic rings. The molecule has 0 spiro atoms. The predicted molar refractivity (Wildman–Crippen MR) is 73.9 cm³/mol. The number of hydrogen-bond donors (Lipinski definition) is 1. The first-order valence-electron chi connectivity index (χ1n) is 6.17. The predicted octanol–water partition coefficient (Wildman–Crippen LogP) is 2.64. The molecule has 2 aromatic heterocycles. The van der Waals surface area contributed by atoms with Crippen LogP contribution in [-0.2, 0) is 11.2 Å². The number of thiophene rings is 1. The van der Waals surface area contributed by atoms with Gasteiger partial charge in [-0.15, -0.1) is 11.3 Å². The van der Waals surface area contributed by atoms with Gasteiger partial charge < -0.3 is 10.1 Å².